The summed E-state index contributed by atoms with van der Waals surface area (Å²) < 4.78 is 8.47. The van der Waals surface area contributed by atoms with Crippen molar-refractivity contribution in [1.82, 2.24) is 14.9 Å². The van der Waals surface area contributed by atoms with Crippen molar-refractivity contribution in [3.8, 4) is 0 Å². The summed E-state index contributed by atoms with van der Waals surface area (Å²) in [5.41, 5.74) is 0. The first-order valence-corrected chi connectivity index (χ1v) is 10.1. The minimum Gasteiger partial charge on any atom is -0.481 e. The fraction of sp³-hybridized carbons (Fsp3) is 0.824. The van der Waals surface area contributed by atoms with Crippen LogP contribution in [-0.4, -0.2) is 27.0 Å². The van der Waals surface area contributed by atoms with Crippen LogP contribution in [0.1, 0.15) is 82.3 Å². The number of hydrogen-bond donors (Lipinski definition) is 2. The lowest BCUT2D eigenvalue weighted by atomic mass is 9.84. The zero-order valence-corrected chi connectivity index (χ0v) is 15.3. The highest BCUT2D eigenvalue weighted by atomic mass is 32.2. The van der Waals surface area contributed by atoms with E-state index in [0.29, 0.717) is 18.3 Å². The number of hydrogen-bond acceptors (Lipinski definition) is 6. The topological polar surface area (TPSA) is 88.2 Å². The van der Waals surface area contributed by atoms with Crippen LogP contribution in [0.15, 0.2) is 4.52 Å². The summed E-state index contributed by atoms with van der Waals surface area (Å²) in [4.78, 5) is 15.5. The van der Waals surface area contributed by atoms with Gasteiger partial charge in [0.2, 0.25) is 5.89 Å². The first-order valence-electron chi connectivity index (χ1n) is 9.08. The number of aromatic nitrogens is 2. The Hall–Kier alpha value is -1.08. The largest absolute Gasteiger partial charge is 0.481 e. The molecule has 1 saturated carbocycles. The Bertz CT molecular complexity index is 489. The number of aliphatic carboxylic acids is 1. The minimum absolute atomic E-state index is 0.0590. The van der Waals surface area contributed by atoms with Crippen LogP contribution in [0.4, 0.5) is 0 Å². The molecule has 136 valence electrons. The fourth-order valence-electron chi connectivity index (χ4n) is 3.38. The SMILES string of the molecule is CCSNCc1noc([C@H](CCCC2CCCCC2)CC(=O)O)n1. The molecule has 0 bridgehead atoms. The van der Waals surface area contributed by atoms with Gasteiger partial charge in [0, 0.05) is 11.7 Å². The van der Waals surface area contributed by atoms with Crippen molar-refractivity contribution in [2.24, 2.45) is 5.92 Å². The second kappa shape index (κ2) is 10.7. The molecule has 2 N–H and O–H groups in total. The molecule has 1 aliphatic carbocycles. The van der Waals surface area contributed by atoms with E-state index in [1.165, 1.54) is 38.5 Å². The normalized spacial score (nSPS) is 17.0. The van der Waals surface area contributed by atoms with Crippen LogP contribution in [0.3, 0.4) is 0 Å². The molecule has 1 aromatic heterocycles. The van der Waals surface area contributed by atoms with E-state index in [9.17, 15) is 4.79 Å². The highest BCUT2D eigenvalue weighted by Gasteiger charge is 2.23. The van der Waals surface area contributed by atoms with E-state index >= 15 is 0 Å². The zero-order valence-electron chi connectivity index (χ0n) is 14.5. The lowest BCUT2D eigenvalue weighted by molar-refractivity contribution is -0.137. The molecular weight excluding hydrogens is 326 g/mol. The quantitative estimate of drug-likeness (QED) is 0.455. The number of carboxylic acid groups (broad SMARTS) is 1. The Labute approximate surface area is 148 Å². The molecule has 1 fully saturated rings. The predicted molar refractivity (Wildman–Crippen MR) is 94.7 cm³/mol. The van der Waals surface area contributed by atoms with Gasteiger partial charge in [-0.3, -0.25) is 9.52 Å². The van der Waals surface area contributed by atoms with E-state index in [1.54, 1.807) is 11.9 Å². The summed E-state index contributed by atoms with van der Waals surface area (Å²) in [6, 6.07) is 0. The Morgan fingerprint density at radius 3 is 2.92 bits per heavy atom. The highest BCUT2D eigenvalue weighted by molar-refractivity contribution is 7.97. The van der Waals surface area contributed by atoms with E-state index in [1.807, 2.05) is 0 Å². The van der Waals surface area contributed by atoms with Gasteiger partial charge in [-0.1, -0.05) is 69.0 Å². The molecule has 0 spiro atoms. The first-order chi connectivity index (χ1) is 11.7. The molecular formula is C17H29N3O3S. The molecule has 2 rings (SSSR count). The van der Waals surface area contributed by atoms with Gasteiger partial charge in [-0.15, -0.1) is 0 Å². The third-order valence-electron chi connectivity index (χ3n) is 4.62. The van der Waals surface area contributed by atoms with Crippen LogP contribution in [0, 0.1) is 5.92 Å². The van der Waals surface area contributed by atoms with Crippen LogP contribution in [0.25, 0.3) is 0 Å². The van der Waals surface area contributed by atoms with Gasteiger partial charge in [-0.2, -0.15) is 4.98 Å². The Kier molecular flexibility index (Phi) is 8.59. The Morgan fingerprint density at radius 2 is 2.21 bits per heavy atom. The average molecular weight is 356 g/mol. The van der Waals surface area contributed by atoms with Gasteiger partial charge in [-0.05, 0) is 12.3 Å². The second-order valence-corrected chi connectivity index (χ2v) is 7.69. The first kappa shape index (κ1) is 19.2. The second-order valence-electron chi connectivity index (χ2n) is 6.53. The van der Waals surface area contributed by atoms with Crippen LogP contribution in [0.2, 0.25) is 0 Å². The summed E-state index contributed by atoms with van der Waals surface area (Å²) >= 11 is 1.60. The van der Waals surface area contributed by atoms with Crippen LogP contribution >= 0.6 is 11.9 Å². The van der Waals surface area contributed by atoms with Gasteiger partial charge in [0.15, 0.2) is 5.82 Å². The summed E-state index contributed by atoms with van der Waals surface area (Å²) in [5.74, 6) is 1.86. The highest BCUT2D eigenvalue weighted by Crippen LogP contribution is 2.31. The third kappa shape index (κ3) is 6.81. The van der Waals surface area contributed by atoms with Gasteiger partial charge in [0.25, 0.3) is 0 Å². The molecule has 0 aliphatic heterocycles. The van der Waals surface area contributed by atoms with Crippen LogP contribution in [-0.2, 0) is 11.3 Å². The third-order valence-corrected chi connectivity index (χ3v) is 5.26. The van der Waals surface area contributed by atoms with Gasteiger partial charge in [0.1, 0.15) is 0 Å². The summed E-state index contributed by atoms with van der Waals surface area (Å²) in [5, 5.41) is 13.1. The van der Waals surface area contributed by atoms with E-state index in [4.69, 9.17) is 9.63 Å². The number of carboxylic acids is 1. The van der Waals surface area contributed by atoms with Crippen molar-refractivity contribution < 1.29 is 14.4 Å². The smallest absolute Gasteiger partial charge is 0.304 e. The summed E-state index contributed by atoms with van der Waals surface area (Å²) in [6.07, 6.45) is 9.80. The predicted octanol–water partition coefficient (Wildman–Crippen LogP) is 4.14. The van der Waals surface area contributed by atoms with Crippen LogP contribution in [0.5, 0.6) is 0 Å². The van der Waals surface area contributed by atoms with Crippen molar-refractivity contribution in [3.63, 3.8) is 0 Å². The molecule has 0 radical (unpaired) electrons. The maximum Gasteiger partial charge on any atom is 0.304 e. The van der Waals surface area contributed by atoms with E-state index in [2.05, 4.69) is 21.8 Å². The van der Waals surface area contributed by atoms with Gasteiger partial charge in [0.05, 0.1) is 13.0 Å². The Balaban J connectivity index is 1.83. The van der Waals surface area contributed by atoms with Crippen LogP contribution < -0.4 is 4.72 Å². The molecule has 24 heavy (non-hydrogen) atoms. The number of nitrogens with one attached hydrogen (secondary N) is 1. The molecule has 7 heteroatoms. The standard InChI is InChI=1S/C17H29N3O3S/c1-2-24-18-12-15-19-17(23-20-15)14(11-16(21)22)10-6-9-13-7-4-3-5-8-13/h13-14,18H,2-12H2,1H3,(H,21,22)/t14-/m1/s1. The maximum absolute atomic E-state index is 11.2. The molecule has 0 unspecified atom stereocenters. The monoisotopic (exact) mass is 355 g/mol. The summed E-state index contributed by atoms with van der Waals surface area (Å²) in [6.45, 7) is 2.60. The molecule has 0 aromatic carbocycles. The Morgan fingerprint density at radius 1 is 1.42 bits per heavy atom. The minimum atomic E-state index is -0.808. The molecule has 0 amide bonds. The van der Waals surface area contributed by atoms with Crippen molar-refractivity contribution in [2.45, 2.75) is 77.2 Å². The number of rotatable bonds is 11. The molecule has 0 saturated heterocycles. The van der Waals surface area contributed by atoms with Crippen molar-refractivity contribution in [3.05, 3.63) is 11.7 Å². The van der Waals surface area contributed by atoms with E-state index < -0.39 is 5.97 Å². The number of carbonyl (C=O) groups is 1. The van der Waals surface area contributed by atoms with Crippen molar-refractivity contribution in [1.29, 1.82) is 0 Å². The fourth-order valence-corrected chi connectivity index (χ4v) is 3.81. The lowest BCUT2D eigenvalue weighted by Gasteiger charge is -2.21. The lowest BCUT2D eigenvalue weighted by Crippen LogP contribution is -2.10. The van der Waals surface area contributed by atoms with Gasteiger partial charge >= 0.3 is 5.97 Å². The average Bonchev–Trinajstić information content (AvgIpc) is 3.04. The van der Waals surface area contributed by atoms with Crippen molar-refractivity contribution in [2.75, 3.05) is 5.75 Å². The number of nitrogens with zero attached hydrogens (tertiary/aromatic N) is 2. The zero-order chi connectivity index (χ0) is 17.2. The van der Waals surface area contributed by atoms with Gasteiger partial charge < -0.3 is 9.63 Å². The molecule has 1 heterocycles. The molecule has 1 atom stereocenters. The van der Waals surface area contributed by atoms with E-state index in [-0.39, 0.29) is 12.3 Å². The molecule has 6 nitrogen and oxygen atoms in total. The van der Waals surface area contributed by atoms with Gasteiger partial charge in [-0.25, -0.2) is 0 Å². The van der Waals surface area contributed by atoms with Crippen molar-refractivity contribution >= 4 is 17.9 Å². The molecule has 1 aromatic rings. The maximum atomic E-state index is 11.2. The van der Waals surface area contributed by atoms with E-state index in [0.717, 1.165) is 24.5 Å². The molecule has 1 aliphatic rings. The summed E-state index contributed by atoms with van der Waals surface area (Å²) in [7, 11) is 0.